The van der Waals surface area contributed by atoms with Gasteiger partial charge in [-0.1, -0.05) is 37.3 Å². The number of anilines is 1. The molecule has 2 aromatic heterocycles. The van der Waals surface area contributed by atoms with Gasteiger partial charge in [-0.25, -0.2) is 9.78 Å². The molecular weight excluding hydrogens is 350 g/mol. The van der Waals surface area contributed by atoms with Crippen molar-refractivity contribution in [2.24, 2.45) is 5.92 Å². The van der Waals surface area contributed by atoms with Crippen LogP contribution in [-0.4, -0.2) is 40.0 Å². The van der Waals surface area contributed by atoms with E-state index in [2.05, 4.69) is 57.4 Å². The Bertz CT molecular complexity index is 999. The van der Waals surface area contributed by atoms with Crippen molar-refractivity contribution in [1.29, 1.82) is 0 Å². The van der Waals surface area contributed by atoms with Gasteiger partial charge in [0.05, 0.1) is 11.7 Å². The van der Waals surface area contributed by atoms with Crippen molar-refractivity contribution in [3.05, 3.63) is 59.9 Å². The van der Waals surface area contributed by atoms with Crippen molar-refractivity contribution >= 4 is 22.8 Å². The largest absolute Gasteiger partial charge is 0.346 e. The first-order valence-electron chi connectivity index (χ1n) is 9.99. The zero-order valence-electron chi connectivity index (χ0n) is 16.1. The molecule has 0 saturated carbocycles. The highest BCUT2D eigenvalue weighted by Gasteiger charge is 2.38. The van der Waals surface area contributed by atoms with Gasteiger partial charge in [-0.15, -0.1) is 0 Å². The van der Waals surface area contributed by atoms with E-state index in [-0.39, 0.29) is 12.1 Å². The number of nitrogens with one attached hydrogen (secondary N) is 2. The number of carbonyl (C=O) groups is 1. The molecule has 2 amide bonds. The first-order chi connectivity index (χ1) is 13.7. The van der Waals surface area contributed by atoms with E-state index in [0.717, 1.165) is 48.3 Å². The van der Waals surface area contributed by atoms with Crippen molar-refractivity contribution in [2.45, 2.75) is 32.5 Å². The van der Waals surface area contributed by atoms with Crippen LogP contribution in [0.3, 0.4) is 0 Å². The molecule has 0 spiro atoms. The van der Waals surface area contributed by atoms with Crippen LogP contribution in [0.15, 0.2) is 48.8 Å². The molecular formula is C22H25N5O. The first-order valence-corrected chi connectivity index (χ1v) is 9.99. The molecule has 2 atom stereocenters. The zero-order chi connectivity index (χ0) is 19.1. The lowest BCUT2D eigenvalue weighted by Crippen LogP contribution is -2.58. The Balaban J connectivity index is 1.49. The summed E-state index contributed by atoms with van der Waals surface area (Å²) in [6.45, 7) is 5.65. The van der Waals surface area contributed by atoms with Crippen LogP contribution >= 0.6 is 0 Å². The predicted octanol–water partition coefficient (Wildman–Crippen LogP) is 3.50. The number of nitrogens with zero attached hydrogens (tertiary/aromatic N) is 3. The van der Waals surface area contributed by atoms with Crippen molar-refractivity contribution in [2.75, 3.05) is 18.0 Å². The molecule has 1 fully saturated rings. The summed E-state index contributed by atoms with van der Waals surface area (Å²) in [5.74, 6) is 0.436. The third-order valence-corrected chi connectivity index (χ3v) is 6.11. The number of aromatic amines is 1. The maximum Gasteiger partial charge on any atom is 0.322 e. The molecule has 2 N–H and O–H groups in total. The topological polar surface area (TPSA) is 64.3 Å². The van der Waals surface area contributed by atoms with Gasteiger partial charge >= 0.3 is 6.03 Å². The second-order valence-corrected chi connectivity index (χ2v) is 7.95. The summed E-state index contributed by atoms with van der Waals surface area (Å²) in [6, 6.07) is 12.7. The van der Waals surface area contributed by atoms with Crippen molar-refractivity contribution in [3.8, 4) is 0 Å². The van der Waals surface area contributed by atoms with Gasteiger partial charge in [-0.05, 0) is 30.5 Å². The van der Waals surface area contributed by atoms with E-state index < -0.39 is 0 Å². The number of likely N-dealkylation sites (tertiary alicyclic amines) is 1. The minimum absolute atomic E-state index is 0.000360. The summed E-state index contributed by atoms with van der Waals surface area (Å²) in [6.07, 6.45) is 4.86. The maximum absolute atomic E-state index is 13.0. The third-order valence-electron chi connectivity index (χ3n) is 6.11. The van der Waals surface area contributed by atoms with Crippen molar-refractivity contribution in [3.63, 3.8) is 0 Å². The van der Waals surface area contributed by atoms with E-state index in [1.807, 2.05) is 23.4 Å². The molecule has 0 bridgehead atoms. The summed E-state index contributed by atoms with van der Waals surface area (Å²) in [5, 5.41) is 4.07. The molecule has 1 saturated heterocycles. The number of amides is 2. The summed E-state index contributed by atoms with van der Waals surface area (Å²) in [4.78, 5) is 25.2. The Morgan fingerprint density at radius 2 is 2.07 bits per heavy atom. The van der Waals surface area contributed by atoms with Crippen LogP contribution in [0.2, 0.25) is 0 Å². The monoisotopic (exact) mass is 375 g/mol. The molecule has 4 heterocycles. The minimum atomic E-state index is -0.000360. The van der Waals surface area contributed by atoms with Gasteiger partial charge in [0.25, 0.3) is 0 Å². The van der Waals surface area contributed by atoms with Crippen molar-refractivity contribution < 1.29 is 4.79 Å². The van der Waals surface area contributed by atoms with E-state index in [4.69, 9.17) is 0 Å². The van der Waals surface area contributed by atoms with Gasteiger partial charge in [0, 0.05) is 43.0 Å². The molecule has 2 aliphatic heterocycles. The second kappa shape index (κ2) is 6.95. The Labute approximate surface area is 164 Å². The number of hydrogen-bond donors (Lipinski definition) is 2. The van der Waals surface area contributed by atoms with Gasteiger partial charge in [0.1, 0.15) is 5.65 Å². The molecule has 2 aliphatic rings. The summed E-state index contributed by atoms with van der Waals surface area (Å²) >= 11 is 0. The fourth-order valence-electron chi connectivity index (χ4n) is 4.56. The van der Waals surface area contributed by atoms with Crippen LogP contribution in [0, 0.1) is 5.92 Å². The minimum Gasteiger partial charge on any atom is -0.346 e. The molecule has 0 aliphatic carbocycles. The normalized spacial score (nSPS) is 22.9. The van der Waals surface area contributed by atoms with Gasteiger partial charge in [0.15, 0.2) is 0 Å². The van der Waals surface area contributed by atoms with Crippen LogP contribution in [0.5, 0.6) is 0 Å². The Hall–Kier alpha value is -2.86. The molecule has 2 unspecified atom stereocenters. The number of aromatic nitrogens is 2. The number of hydrogen-bond acceptors (Lipinski definition) is 3. The molecule has 5 rings (SSSR count). The Kier molecular flexibility index (Phi) is 4.28. The number of pyridine rings is 1. The van der Waals surface area contributed by atoms with Gasteiger partial charge in [-0.2, -0.15) is 0 Å². The van der Waals surface area contributed by atoms with Gasteiger partial charge in [0.2, 0.25) is 0 Å². The number of piperidine rings is 1. The molecule has 6 heteroatoms. The third kappa shape index (κ3) is 2.94. The summed E-state index contributed by atoms with van der Waals surface area (Å²) < 4.78 is 0. The molecule has 144 valence electrons. The lowest BCUT2D eigenvalue weighted by molar-refractivity contribution is 0.155. The van der Waals surface area contributed by atoms with Crippen LogP contribution in [0.25, 0.3) is 11.0 Å². The lowest BCUT2D eigenvalue weighted by Gasteiger charge is -2.45. The molecule has 6 nitrogen and oxygen atoms in total. The molecule has 3 aromatic rings. The Morgan fingerprint density at radius 3 is 2.93 bits per heavy atom. The smallest absolute Gasteiger partial charge is 0.322 e. The molecule has 1 aromatic carbocycles. The van der Waals surface area contributed by atoms with Gasteiger partial charge < -0.3 is 10.3 Å². The van der Waals surface area contributed by atoms with Crippen LogP contribution in [-0.2, 0) is 13.1 Å². The predicted molar refractivity (Wildman–Crippen MR) is 110 cm³/mol. The average Bonchev–Trinajstić information content (AvgIpc) is 3.20. The number of fused-ring (bicyclic) bond motifs is 3. The summed E-state index contributed by atoms with van der Waals surface area (Å²) in [7, 11) is 0. The fraction of sp³-hybridized carbons (Fsp3) is 0.364. The second-order valence-electron chi connectivity index (χ2n) is 7.95. The standard InChI is InChI=1S/C22H25N5O/c1-15-8-10-26(13-16-5-3-2-4-6-16)14-19(15)27-20-17(12-25-22(27)28)11-24-21-18(20)7-9-23-21/h2-7,9,11,15,19H,8,10,12-14H2,1H3,(H,23,24)(H,25,28). The highest BCUT2D eigenvalue weighted by atomic mass is 16.2. The quantitative estimate of drug-likeness (QED) is 0.736. The number of benzene rings is 1. The zero-order valence-corrected chi connectivity index (χ0v) is 16.1. The number of carbonyl (C=O) groups excluding carboxylic acids is 1. The average molecular weight is 375 g/mol. The first kappa shape index (κ1) is 17.3. The highest BCUT2D eigenvalue weighted by molar-refractivity contribution is 6.04. The molecule has 28 heavy (non-hydrogen) atoms. The van der Waals surface area contributed by atoms with E-state index in [1.165, 1.54) is 5.56 Å². The number of rotatable bonds is 3. The van der Waals surface area contributed by atoms with E-state index in [0.29, 0.717) is 12.5 Å². The van der Waals surface area contributed by atoms with E-state index in [1.54, 1.807) is 0 Å². The lowest BCUT2D eigenvalue weighted by atomic mass is 9.90. The van der Waals surface area contributed by atoms with Crippen LogP contribution in [0.1, 0.15) is 24.5 Å². The number of H-pyrrole nitrogens is 1. The van der Waals surface area contributed by atoms with Crippen LogP contribution in [0.4, 0.5) is 10.5 Å². The summed E-state index contributed by atoms with van der Waals surface area (Å²) in [5.41, 5.74) is 4.26. The van der Waals surface area contributed by atoms with Crippen LogP contribution < -0.4 is 10.2 Å². The SMILES string of the molecule is CC1CCN(Cc2ccccc2)CC1N1C(=O)NCc2cnc3[nH]ccc3c21. The van der Waals surface area contributed by atoms with E-state index in [9.17, 15) is 4.79 Å². The number of urea groups is 1. The maximum atomic E-state index is 13.0. The van der Waals surface area contributed by atoms with Crippen molar-refractivity contribution in [1.82, 2.24) is 20.2 Å². The fourth-order valence-corrected chi connectivity index (χ4v) is 4.56. The highest BCUT2D eigenvalue weighted by Crippen LogP contribution is 2.36. The van der Waals surface area contributed by atoms with E-state index >= 15 is 0 Å². The van der Waals surface area contributed by atoms with Gasteiger partial charge in [-0.3, -0.25) is 9.80 Å². The Morgan fingerprint density at radius 1 is 1.21 bits per heavy atom. The molecule has 0 radical (unpaired) electrons.